The minimum absolute atomic E-state index is 0. The SMILES string of the molecule is CC(N1CCOCC1)N1CC(c2ccccc2)C2(CCN(C(=O)c3cc(C(F)(F)F)cc(C(F)(F)F)c3)CC2)OC1=O.Cl. The van der Waals surface area contributed by atoms with Crippen LogP contribution in [0.25, 0.3) is 0 Å². The molecule has 43 heavy (non-hydrogen) atoms. The first-order valence-corrected chi connectivity index (χ1v) is 13.7. The highest BCUT2D eigenvalue weighted by Crippen LogP contribution is 2.45. The van der Waals surface area contributed by atoms with Crippen molar-refractivity contribution in [1.29, 1.82) is 0 Å². The molecule has 0 bridgehead atoms. The zero-order valence-corrected chi connectivity index (χ0v) is 24.1. The fraction of sp³-hybridized carbons (Fsp3) is 0.517. The lowest BCUT2D eigenvalue weighted by Crippen LogP contribution is -2.63. The molecule has 3 heterocycles. The molecular weight excluding hydrogens is 604 g/mol. The van der Waals surface area contributed by atoms with Crippen molar-refractivity contribution in [3.8, 4) is 0 Å². The van der Waals surface area contributed by atoms with Crippen molar-refractivity contribution in [3.63, 3.8) is 0 Å². The summed E-state index contributed by atoms with van der Waals surface area (Å²) in [6.45, 7) is 4.69. The van der Waals surface area contributed by atoms with E-state index in [0.717, 1.165) is 5.56 Å². The number of benzene rings is 2. The van der Waals surface area contributed by atoms with Gasteiger partial charge in [-0.3, -0.25) is 14.6 Å². The Morgan fingerprint density at radius 2 is 1.47 bits per heavy atom. The van der Waals surface area contributed by atoms with Gasteiger partial charge in [-0.1, -0.05) is 30.3 Å². The number of amides is 2. The lowest BCUT2D eigenvalue weighted by molar-refractivity contribution is -0.143. The molecule has 0 N–H and O–H groups in total. The normalized spacial score (nSPS) is 22.1. The molecule has 2 atom stereocenters. The molecule has 5 rings (SSSR count). The maximum atomic E-state index is 13.4. The standard InChI is InChI=1S/C29H31F6N3O4.ClH/c1-19(36-11-13-41-14-12-36)38-18-24(20-5-3-2-4-6-20)27(42-26(38)40)7-9-37(10-8-27)25(39)21-15-22(28(30,31)32)17-23(16-21)29(33,34)35;/h2-6,15-17,19,24H,7-14,18H2,1H3;1H. The zero-order valence-electron chi connectivity index (χ0n) is 23.3. The minimum Gasteiger partial charge on any atom is -0.442 e. The monoisotopic (exact) mass is 635 g/mol. The molecule has 3 aliphatic heterocycles. The average Bonchev–Trinajstić information content (AvgIpc) is 2.97. The van der Waals surface area contributed by atoms with Gasteiger partial charge < -0.3 is 14.4 Å². The molecule has 0 radical (unpaired) electrons. The summed E-state index contributed by atoms with van der Waals surface area (Å²) in [4.78, 5) is 31.6. The lowest BCUT2D eigenvalue weighted by atomic mass is 9.74. The van der Waals surface area contributed by atoms with E-state index in [-0.39, 0.29) is 56.5 Å². The number of piperidine rings is 1. The summed E-state index contributed by atoms with van der Waals surface area (Å²) in [5.41, 5.74) is -3.86. The third kappa shape index (κ3) is 6.88. The van der Waals surface area contributed by atoms with Gasteiger partial charge in [0.15, 0.2) is 0 Å². The van der Waals surface area contributed by atoms with Crippen molar-refractivity contribution < 1.29 is 45.4 Å². The first-order chi connectivity index (χ1) is 19.8. The van der Waals surface area contributed by atoms with Crippen LogP contribution in [0.3, 0.4) is 0 Å². The number of ether oxygens (including phenoxy) is 2. The summed E-state index contributed by atoms with van der Waals surface area (Å²) >= 11 is 0. The number of morpholine rings is 1. The molecular formula is C29H32ClF6N3O4. The van der Waals surface area contributed by atoms with Crippen LogP contribution in [-0.2, 0) is 21.8 Å². The number of halogens is 7. The number of nitrogens with zero attached hydrogens (tertiary/aromatic N) is 3. The number of alkyl halides is 6. The summed E-state index contributed by atoms with van der Waals surface area (Å²) in [6.07, 6.45) is -10.5. The van der Waals surface area contributed by atoms with Crippen molar-refractivity contribution in [3.05, 3.63) is 70.8 Å². The van der Waals surface area contributed by atoms with E-state index in [1.165, 1.54) is 4.90 Å². The fourth-order valence-corrected chi connectivity index (χ4v) is 6.09. The molecule has 0 saturated carbocycles. The second kappa shape index (κ2) is 12.5. The maximum absolute atomic E-state index is 13.4. The van der Waals surface area contributed by atoms with Crippen LogP contribution in [0.15, 0.2) is 48.5 Å². The van der Waals surface area contributed by atoms with E-state index in [1.807, 2.05) is 37.3 Å². The molecule has 2 unspecified atom stereocenters. The van der Waals surface area contributed by atoms with Gasteiger partial charge in [0.25, 0.3) is 5.91 Å². The van der Waals surface area contributed by atoms with E-state index in [2.05, 4.69) is 4.90 Å². The van der Waals surface area contributed by atoms with Gasteiger partial charge in [0.2, 0.25) is 0 Å². The van der Waals surface area contributed by atoms with E-state index < -0.39 is 46.6 Å². The second-order valence-electron chi connectivity index (χ2n) is 10.9. The largest absolute Gasteiger partial charge is 0.442 e. The Morgan fingerprint density at radius 3 is 2.00 bits per heavy atom. The van der Waals surface area contributed by atoms with Crippen LogP contribution in [0, 0.1) is 0 Å². The highest BCUT2D eigenvalue weighted by molar-refractivity contribution is 5.94. The van der Waals surface area contributed by atoms with Gasteiger partial charge in [-0.25, -0.2) is 4.79 Å². The van der Waals surface area contributed by atoms with Gasteiger partial charge in [-0.15, -0.1) is 12.4 Å². The fourth-order valence-electron chi connectivity index (χ4n) is 6.09. The molecule has 2 amide bonds. The number of carbonyl (C=O) groups excluding carboxylic acids is 2. The van der Waals surface area contributed by atoms with Crippen LogP contribution in [-0.4, -0.2) is 84.4 Å². The Hall–Kier alpha value is -3.03. The van der Waals surface area contributed by atoms with Crippen LogP contribution in [0.2, 0.25) is 0 Å². The Morgan fingerprint density at radius 1 is 0.907 bits per heavy atom. The molecule has 0 aromatic heterocycles. The second-order valence-corrected chi connectivity index (χ2v) is 10.9. The molecule has 236 valence electrons. The van der Waals surface area contributed by atoms with E-state index in [0.29, 0.717) is 45.0 Å². The summed E-state index contributed by atoms with van der Waals surface area (Å²) in [7, 11) is 0. The van der Waals surface area contributed by atoms with Crippen LogP contribution in [0.1, 0.15) is 52.7 Å². The molecule has 1 spiro atoms. The Labute approximate surface area is 251 Å². The quantitative estimate of drug-likeness (QED) is 0.384. The first-order valence-electron chi connectivity index (χ1n) is 13.7. The molecule has 3 fully saturated rings. The topological polar surface area (TPSA) is 62.3 Å². The third-order valence-corrected chi connectivity index (χ3v) is 8.50. The van der Waals surface area contributed by atoms with E-state index >= 15 is 0 Å². The average molecular weight is 636 g/mol. The van der Waals surface area contributed by atoms with E-state index in [4.69, 9.17) is 9.47 Å². The molecule has 3 aliphatic rings. The van der Waals surface area contributed by atoms with Crippen LogP contribution >= 0.6 is 12.4 Å². The van der Waals surface area contributed by atoms with Gasteiger partial charge in [0.1, 0.15) is 5.60 Å². The molecule has 7 nitrogen and oxygen atoms in total. The van der Waals surface area contributed by atoms with Crippen molar-refractivity contribution >= 4 is 24.4 Å². The van der Waals surface area contributed by atoms with Crippen molar-refractivity contribution in [1.82, 2.24) is 14.7 Å². The van der Waals surface area contributed by atoms with Gasteiger partial charge >= 0.3 is 18.4 Å². The highest BCUT2D eigenvalue weighted by atomic mass is 35.5. The lowest BCUT2D eigenvalue weighted by Gasteiger charge is -2.52. The van der Waals surface area contributed by atoms with Gasteiger partial charge in [-0.2, -0.15) is 26.3 Å². The Bertz CT molecular complexity index is 1260. The van der Waals surface area contributed by atoms with E-state index in [9.17, 15) is 35.9 Å². The Kier molecular flexibility index (Phi) is 9.58. The molecule has 0 aliphatic carbocycles. The van der Waals surface area contributed by atoms with E-state index in [1.54, 1.807) is 4.90 Å². The first kappa shape index (κ1) is 32.9. The number of carbonyl (C=O) groups is 2. The predicted octanol–water partition coefficient (Wildman–Crippen LogP) is 6.04. The number of hydrogen-bond acceptors (Lipinski definition) is 5. The maximum Gasteiger partial charge on any atom is 0.416 e. The van der Waals surface area contributed by atoms with Crippen LogP contribution in [0.5, 0.6) is 0 Å². The van der Waals surface area contributed by atoms with Gasteiger partial charge in [-0.05, 0) is 30.7 Å². The number of rotatable bonds is 4. The van der Waals surface area contributed by atoms with Crippen molar-refractivity contribution in [2.75, 3.05) is 45.9 Å². The highest BCUT2D eigenvalue weighted by Gasteiger charge is 2.52. The van der Waals surface area contributed by atoms with Gasteiger partial charge in [0.05, 0.1) is 30.5 Å². The molecule has 14 heteroatoms. The van der Waals surface area contributed by atoms with Crippen LogP contribution in [0.4, 0.5) is 31.1 Å². The minimum atomic E-state index is -5.06. The molecule has 2 aromatic rings. The van der Waals surface area contributed by atoms with Crippen LogP contribution < -0.4 is 0 Å². The number of hydrogen-bond donors (Lipinski definition) is 0. The third-order valence-electron chi connectivity index (χ3n) is 8.50. The summed E-state index contributed by atoms with van der Waals surface area (Å²) in [5.74, 6) is -1.22. The summed E-state index contributed by atoms with van der Waals surface area (Å²) in [5, 5.41) is 0. The number of likely N-dealkylation sites (tertiary alicyclic amines) is 1. The van der Waals surface area contributed by atoms with Crippen molar-refractivity contribution in [2.24, 2.45) is 0 Å². The smallest absolute Gasteiger partial charge is 0.416 e. The predicted molar refractivity (Wildman–Crippen MR) is 146 cm³/mol. The molecule has 2 aromatic carbocycles. The van der Waals surface area contributed by atoms with Crippen molar-refractivity contribution in [2.45, 2.75) is 49.8 Å². The zero-order chi connectivity index (χ0) is 30.3. The molecule has 3 saturated heterocycles. The summed E-state index contributed by atoms with van der Waals surface area (Å²) in [6, 6.07) is 10.4. The Balaban J connectivity index is 0.00000423. The summed E-state index contributed by atoms with van der Waals surface area (Å²) < 4.78 is 91.8. The van der Waals surface area contributed by atoms with Gasteiger partial charge in [0, 0.05) is 57.0 Å².